The molecule has 0 amide bonds. The molecule has 0 radical (unpaired) electrons. The molecule has 5 rings (SSSR count). The first kappa shape index (κ1) is 16.5. The lowest BCUT2D eigenvalue weighted by molar-refractivity contribution is 0.0602. The lowest BCUT2D eigenvalue weighted by atomic mass is 9.86. The number of carbonyl (C=O) groups is 1. The fraction of sp³-hybridized carbons (Fsp3) is 0.364. The quantitative estimate of drug-likeness (QED) is 0.843. The van der Waals surface area contributed by atoms with Crippen molar-refractivity contribution in [3.8, 4) is 5.75 Å². The summed E-state index contributed by atoms with van der Waals surface area (Å²) < 4.78 is 5.80. The number of aliphatic imine (C=N–C) groups is 1. The van der Waals surface area contributed by atoms with Gasteiger partial charge in [-0.05, 0) is 61.6 Å². The molecule has 0 aromatic heterocycles. The summed E-state index contributed by atoms with van der Waals surface area (Å²) in [4.78, 5) is 19.8. The van der Waals surface area contributed by atoms with Gasteiger partial charge in [-0.2, -0.15) is 0 Å². The Hall–Kier alpha value is -2.66. The number of hydrogen-bond acceptors (Lipinski definition) is 5. The summed E-state index contributed by atoms with van der Waals surface area (Å²) in [6.07, 6.45) is 2.40. The second-order valence-electron chi connectivity index (χ2n) is 7.72. The van der Waals surface area contributed by atoms with Crippen LogP contribution in [0, 0.1) is 13.8 Å². The van der Waals surface area contributed by atoms with Crippen molar-refractivity contribution in [2.24, 2.45) is 4.99 Å². The van der Waals surface area contributed by atoms with E-state index >= 15 is 0 Å². The zero-order valence-corrected chi connectivity index (χ0v) is 15.6. The van der Waals surface area contributed by atoms with Gasteiger partial charge in [0.05, 0.1) is 12.3 Å². The van der Waals surface area contributed by atoms with Crippen LogP contribution in [0.3, 0.4) is 0 Å². The van der Waals surface area contributed by atoms with Crippen molar-refractivity contribution < 1.29 is 14.6 Å². The van der Waals surface area contributed by atoms with E-state index in [1.54, 1.807) is 0 Å². The Labute approximate surface area is 158 Å². The molecular formula is C22H22N2O3. The molecule has 3 heterocycles. The van der Waals surface area contributed by atoms with E-state index in [-0.39, 0.29) is 5.78 Å². The number of aliphatic hydroxyl groups is 1. The van der Waals surface area contributed by atoms with E-state index < -0.39 is 5.60 Å². The van der Waals surface area contributed by atoms with E-state index in [2.05, 4.69) is 6.07 Å². The molecule has 1 N–H and O–H groups in total. The van der Waals surface area contributed by atoms with Gasteiger partial charge in [0.1, 0.15) is 11.6 Å². The standard InChI is InChI=1S/C22H22N2O3/c1-13-10-17-18(11-14(13)2)23-21-22(26,20(17)25)7-8-24(21)16-6-5-15-4-3-9-27-19(15)12-16/h5-6,10-12,26H,3-4,7-9H2,1-2H3/t22-/m1/s1. The number of anilines is 1. The molecule has 1 atom stereocenters. The van der Waals surface area contributed by atoms with Gasteiger partial charge in [0.25, 0.3) is 0 Å². The second-order valence-corrected chi connectivity index (χ2v) is 7.72. The minimum atomic E-state index is -1.55. The van der Waals surface area contributed by atoms with Crippen LogP contribution in [-0.2, 0) is 6.42 Å². The van der Waals surface area contributed by atoms with Crippen molar-refractivity contribution >= 4 is 23.0 Å². The van der Waals surface area contributed by atoms with E-state index in [4.69, 9.17) is 9.73 Å². The van der Waals surface area contributed by atoms with E-state index in [0.29, 0.717) is 30.1 Å². The summed E-state index contributed by atoms with van der Waals surface area (Å²) in [7, 11) is 0. The summed E-state index contributed by atoms with van der Waals surface area (Å²) in [5, 5.41) is 11.2. The molecule has 27 heavy (non-hydrogen) atoms. The molecule has 2 aromatic rings. The van der Waals surface area contributed by atoms with Gasteiger partial charge in [0.2, 0.25) is 5.78 Å². The van der Waals surface area contributed by atoms with Crippen molar-refractivity contribution in [1.29, 1.82) is 0 Å². The number of Topliss-reactive ketones (excluding diaryl/α,β-unsaturated/α-hetero) is 1. The maximum absolute atomic E-state index is 13.1. The van der Waals surface area contributed by atoms with Crippen LogP contribution in [0.25, 0.3) is 0 Å². The molecule has 1 saturated heterocycles. The van der Waals surface area contributed by atoms with Crippen LogP contribution in [-0.4, -0.2) is 35.5 Å². The SMILES string of the molecule is Cc1cc2c(cc1C)C(=O)[C@]1(O)CCN(c3ccc4c(c3)OCCC4)C1=N2. The number of ether oxygens (including phenoxy) is 1. The Morgan fingerprint density at radius 1 is 1.19 bits per heavy atom. The summed E-state index contributed by atoms with van der Waals surface area (Å²) in [6, 6.07) is 9.89. The van der Waals surface area contributed by atoms with Crippen molar-refractivity contribution in [3.63, 3.8) is 0 Å². The predicted octanol–water partition coefficient (Wildman–Crippen LogP) is 3.50. The number of carbonyl (C=O) groups excluding carboxylic acids is 1. The molecular weight excluding hydrogens is 340 g/mol. The molecule has 1 fully saturated rings. The van der Waals surface area contributed by atoms with Crippen molar-refractivity contribution in [2.75, 3.05) is 18.1 Å². The topological polar surface area (TPSA) is 62.1 Å². The van der Waals surface area contributed by atoms with Crippen molar-refractivity contribution in [1.82, 2.24) is 0 Å². The Morgan fingerprint density at radius 2 is 2.00 bits per heavy atom. The molecule has 3 aliphatic heterocycles. The Balaban J connectivity index is 1.62. The van der Waals surface area contributed by atoms with Crippen LogP contribution < -0.4 is 9.64 Å². The molecule has 0 saturated carbocycles. The molecule has 0 aliphatic carbocycles. The summed E-state index contributed by atoms with van der Waals surface area (Å²) >= 11 is 0. The number of benzene rings is 2. The monoisotopic (exact) mass is 362 g/mol. The fourth-order valence-corrected chi connectivity index (χ4v) is 4.24. The number of rotatable bonds is 1. The lowest BCUT2D eigenvalue weighted by Gasteiger charge is -2.30. The highest BCUT2D eigenvalue weighted by Gasteiger charge is 2.52. The molecule has 0 spiro atoms. The lowest BCUT2D eigenvalue weighted by Crippen LogP contribution is -2.48. The molecule has 0 unspecified atom stereocenters. The van der Waals surface area contributed by atoms with Crippen LogP contribution in [0.1, 0.15) is 39.9 Å². The Bertz CT molecular complexity index is 1010. The van der Waals surface area contributed by atoms with Gasteiger partial charge in [-0.1, -0.05) is 6.07 Å². The molecule has 0 bridgehead atoms. The van der Waals surface area contributed by atoms with Crippen LogP contribution >= 0.6 is 0 Å². The van der Waals surface area contributed by atoms with Crippen LogP contribution in [0.2, 0.25) is 0 Å². The van der Waals surface area contributed by atoms with Gasteiger partial charge in [-0.25, -0.2) is 4.99 Å². The first-order valence-corrected chi connectivity index (χ1v) is 9.48. The largest absolute Gasteiger partial charge is 0.493 e. The van der Waals surface area contributed by atoms with Crippen molar-refractivity contribution in [3.05, 3.63) is 52.6 Å². The minimum absolute atomic E-state index is 0.248. The average molecular weight is 362 g/mol. The van der Waals surface area contributed by atoms with Gasteiger partial charge in [-0.15, -0.1) is 0 Å². The molecule has 5 nitrogen and oxygen atoms in total. The highest BCUT2D eigenvalue weighted by molar-refractivity contribution is 6.28. The van der Waals surface area contributed by atoms with E-state index in [1.807, 2.05) is 43.0 Å². The number of fused-ring (bicyclic) bond motifs is 3. The van der Waals surface area contributed by atoms with Gasteiger partial charge >= 0.3 is 0 Å². The third-order valence-electron chi connectivity index (χ3n) is 5.99. The number of ketones is 1. The van der Waals surface area contributed by atoms with E-state index in [9.17, 15) is 9.90 Å². The fourth-order valence-electron chi connectivity index (χ4n) is 4.24. The van der Waals surface area contributed by atoms with Crippen molar-refractivity contribution in [2.45, 2.75) is 38.7 Å². The molecule has 2 aromatic carbocycles. The van der Waals surface area contributed by atoms with Crippen LogP contribution in [0.15, 0.2) is 35.3 Å². The van der Waals surface area contributed by atoms with E-state index in [1.165, 1.54) is 5.56 Å². The third-order valence-corrected chi connectivity index (χ3v) is 5.99. The normalized spacial score (nSPS) is 23.3. The maximum Gasteiger partial charge on any atom is 0.204 e. The Kier molecular flexibility index (Phi) is 3.46. The van der Waals surface area contributed by atoms with Gasteiger partial charge in [0, 0.05) is 30.3 Å². The highest BCUT2D eigenvalue weighted by atomic mass is 16.5. The molecule has 5 heteroatoms. The zero-order valence-electron chi connectivity index (χ0n) is 15.6. The molecule has 138 valence electrons. The predicted molar refractivity (Wildman–Crippen MR) is 105 cm³/mol. The minimum Gasteiger partial charge on any atom is -0.493 e. The van der Waals surface area contributed by atoms with Gasteiger partial charge in [0.15, 0.2) is 5.60 Å². The Morgan fingerprint density at radius 3 is 2.85 bits per heavy atom. The third kappa shape index (κ3) is 2.34. The number of amidine groups is 1. The van der Waals surface area contributed by atoms with Crippen LogP contribution in [0.4, 0.5) is 11.4 Å². The number of hydrogen-bond donors (Lipinski definition) is 1. The van der Waals surface area contributed by atoms with Crippen LogP contribution in [0.5, 0.6) is 5.75 Å². The molecule has 3 aliphatic rings. The number of aryl methyl sites for hydroxylation is 3. The second kappa shape index (κ2) is 5.67. The van der Waals surface area contributed by atoms with Gasteiger partial charge < -0.3 is 14.7 Å². The highest BCUT2D eigenvalue weighted by Crippen LogP contribution is 2.41. The summed E-state index contributed by atoms with van der Waals surface area (Å²) in [5.41, 5.74) is 3.84. The first-order chi connectivity index (χ1) is 13.0. The van der Waals surface area contributed by atoms with E-state index in [0.717, 1.165) is 42.0 Å². The summed E-state index contributed by atoms with van der Waals surface area (Å²) in [5.74, 6) is 1.07. The van der Waals surface area contributed by atoms with Gasteiger partial charge in [-0.3, -0.25) is 4.79 Å². The maximum atomic E-state index is 13.1. The zero-order chi connectivity index (χ0) is 18.8. The average Bonchev–Trinajstić information content (AvgIpc) is 3.01. The first-order valence-electron chi connectivity index (χ1n) is 9.48. The summed E-state index contributed by atoms with van der Waals surface area (Å²) in [6.45, 7) is 5.26. The smallest absolute Gasteiger partial charge is 0.204 e. The number of nitrogens with zero attached hydrogens (tertiary/aromatic N) is 2.